The Morgan fingerprint density at radius 2 is 1.57 bits per heavy atom. The summed E-state index contributed by atoms with van der Waals surface area (Å²) in [6.45, 7) is 3.56. The largest absolute Gasteiger partial charge is 0.396 e. The van der Waals surface area contributed by atoms with Gasteiger partial charge in [0.25, 0.3) is 0 Å². The number of nitrogens with zero attached hydrogens (tertiary/aromatic N) is 1. The van der Waals surface area contributed by atoms with E-state index in [2.05, 4.69) is 12.2 Å². The predicted molar refractivity (Wildman–Crippen MR) is 92.0 cm³/mol. The van der Waals surface area contributed by atoms with Crippen LogP contribution in [0.1, 0.15) is 90.4 Å². The third-order valence-electron chi connectivity index (χ3n) is 4.34. The summed E-state index contributed by atoms with van der Waals surface area (Å²) in [7, 11) is 0. The summed E-state index contributed by atoms with van der Waals surface area (Å²) in [6, 6.07) is 0.493. The third-order valence-corrected chi connectivity index (χ3v) is 4.34. The first kappa shape index (κ1) is 18.5. The van der Waals surface area contributed by atoms with E-state index in [0.717, 1.165) is 25.2 Å². The lowest BCUT2D eigenvalue weighted by Gasteiger charge is -2.05. The van der Waals surface area contributed by atoms with Crippen molar-refractivity contribution in [3.8, 4) is 0 Å². The zero-order chi connectivity index (χ0) is 15.2. The van der Waals surface area contributed by atoms with Crippen molar-refractivity contribution in [2.75, 3.05) is 13.2 Å². The predicted octanol–water partition coefficient (Wildman–Crippen LogP) is 4.44. The Morgan fingerprint density at radius 3 is 2.19 bits per heavy atom. The highest BCUT2D eigenvalue weighted by Crippen LogP contribution is 2.14. The summed E-state index contributed by atoms with van der Waals surface area (Å²) in [5.41, 5.74) is 0. The van der Waals surface area contributed by atoms with E-state index in [0.29, 0.717) is 6.04 Å². The summed E-state index contributed by atoms with van der Waals surface area (Å²) in [5, 5.41) is 12.2. The number of nitrogens with one attached hydrogen (secondary N) is 1. The monoisotopic (exact) mass is 296 g/mol. The van der Waals surface area contributed by atoms with Crippen LogP contribution < -0.4 is 5.32 Å². The van der Waals surface area contributed by atoms with Gasteiger partial charge in [-0.2, -0.15) is 0 Å². The SMILES string of the molecule is CCCCCCCCCCCCC1CNC(CCCO)=N1. The molecule has 1 rings (SSSR count). The molecule has 0 spiro atoms. The van der Waals surface area contributed by atoms with E-state index in [9.17, 15) is 0 Å². The lowest BCUT2D eigenvalue weighted by molar-refractivity contribution is 0.291. The molecule has 0 fully saturated rings. The molecule has 1 aliphatic rings. The van der Waals surface area contributed by atoms with E-state index < -0.39 is 0 Å². The molecule has 2 N–H and O–H groups in total. The Bertz CT molecular complexity index is 266. The van der Waals surface area contributed by atoms with Gasteiger partial charge in [0.05, 0.1) is 11.9 Å². The molecule has 0 aromatic carbocycles. The van der Waals surface area contributed by atoms with Crippen LogP contribution in [0.5, 0.6) is 0 Å². The van der Waals surface area contributed by atoms with Gasteiger partial charge >= 0.3 is 0 Å². The summed E-state index contributed by atoms with van der Waals surface area (Å²) < 4.78 is 0. The first-order valence-corrected chi connectivity index (χ1v) is 9.28. The highest BCUT2D eigenvalue weighted by atomic mass is 16.2. The normalized spacial score (nSPS) is 17.8. The van der Waals surface area contributed by atoms with Crippen molar-refractivity contribution in [2.45, 2.75) is 96.4 Å². The van der Waals surface area contributed by atoms with Gasteiger partial charge in [0.1, 0.15) is 0 Å². The zero-order valence-electron chi connectivity index (χ0n) is 14.1. The molecule has 3 nitrogen and oxygen atoms in total. The molecule has 124 valence electrons. The van der Waals surface area contributed by atoms with Crippen molar-refractivity contribution in [1.29, 1.82) is 0 Å². The van der Waals surface area contributed by atoms with Gasteiger partial charge in [-0.3, -0.25) is 4.99 Å². The maximum Gasteiger partial charge on any atom is 0.0968 e. The molecule has 1 heterocycles. The average molecular weight is 296 g/mol. The van der Waals surface area contributed by atoms with Crippen LogP contribution in [0.25, 0.3) is 0 Å². The molecule has 21 heavy (non-hydrogen) atoms. The van der Waals surface area contributed by atoms with E-state index in [1.165, 1.54) is 70.6 Å². The number of aliphatic hydroxyl groups excluding tert-OH is 1. The lowest BCUT2D eigenvalue weighted by Crippen LogP contribution is -2.21. The molecule has 0 aliphatic carbocycles. The van der Waals surface area contributed by atoms with Crippen LogP contribution in [-0.4, -0.2) is 30.1 Å². The number of hydrogen-bond donors (Lipinski definition) is 2. The van der Waals surface area contributed by atoms with E-state index in [1.807, 2.05) is 0 Å². The molecule has 1 unspecified atom stereocenters. The van der Waals surface area contributed by atoms with E-state index in [4.69, 9.17) is 10.1 Å². The average Bonchev–Trinajstić information content (AvgIpc) is 2.95. The highest BCUT2D eigenvalue weighted by molar-refractivity contribution is 5.83. The van der Waals surface area contributed by atoms with Gasteiger partial charge in [-0.25, -0.2) is 0 Å². The molecule has 0 aromatic heterocycles. The van der Waals surface area contributed by atoms with Gasteiger partial charge in [0.2, 0.25) is 0 Å². The van der Waals surface area contributed by atoms with Crippen LogP contribution in [0.3, 0.4) is 0 Å². The van der Waals surface area contributed by atoms with Crippen LogP contribution in [0.4, 0.5) is 0 Å². The first-order chi connectivity index (χ1) is 10.4. The molecule has 1 aliphatic heterocycles. The molecule has 0 saturated heterocycles. The fourth-order valence-corrected chi connectivity index (χ4v) is 2.98. The van der Waals surface area contributed by atoms with Crippen LogP contribution in [0.15, 0.2) is 4.99 Å². The molecule has 0 aromatic rings. The van der Waals surface area contributed by atoms with Gasteiger partial charge in [-0.1, -0.05) is 71.1 Å². The van der Waals surface area contributed by atoms with E-state index in [-0.39, 0.29) is 6.61 Å². The third kappa shape index (κ3) is 9.89. The Balaban J connectivity index is 1.85. The molecule has 0 bridgehead atoms. The maximum absolute atomic E-state index is 8.81. The first-order valence-electron chi connectivity index (χ1n) is 9.28. The van der Waals surface area contributed by atoms with Crippen molar-refractivity contribution in [2.24, 2.45) is 4.99 Å². The number of hydrogen-bond acceptors (Lipinski definition) is 3. The molecule has 0 saturated carbocycles. The Hall–Kier alpha value is -0.570. The Labute approximate surface area is 131 Å². The van der Waals surface area contributed by atoms with Crippen LogP contribution in [0.2, 0.25) is 0 Å². The minimum atomic E-state index is 0.268. The molecule has 0 radical (unpaired) electrons. The fraction of sp³-hybridized carbons (Fsp3) is 0.944. The summed E-state index contributed by atoms with van der Waals surface area (Å²) in [5.74, 6) is 1.11. The van der Waals surface area contributed by atoms with Crippen molar-refractivity contribution in [3.05, 3.63) is 0 Å². The molecular weight excluding hydrogens is 260 g/mol. The Kier molecular flexibility index (Phi) is 11.5. The minimum absolute atomic E-state index is 0.268. The number of rotatable bonds is 14. The minimum Gasteiger partial charge on any atom is -0.396 e. The zero-order valence-corrected chi connectivity index (χ0v) is 14.1. The van der Waals surface area contributed by atoms with Gasteiger partial charge in [0.15, 0.2) is 0 Å². The molecule has 3 heteroatoms. The van der Waals surface area contributed by atoms with Gasteiger partial charge < -0.3 is 10.4 Å². The molecule has 1 atom stereocenters. The summed E-state index contributed by atoms with van der Waals surface area (Å²) in [6.07, 6.45) is 17.0. The number of aliphatic imine (C=N–C) groups is 1. The molecule has 0 amide bonds. The van der Waals surface area contributed by atoms with E-state index >= 15 is 0 Å². The number of aliphatic hydroxyl groups is 1. The quantitative estimate of drug-likeness (QED) is 0.465. The fourth-order valence-electron chi connectivity index (χ4n) is 2.98. The van der Waals surface area contributed by atoms with Crippen molar-refractivity contribution >= 4 is 5.84 Å². The van der Waals surface area contributed by atoms with Gasteiger partial charge in [-0.15, -0.1) is 0 Å². The maximum atomic E-state index is 8.81. The Morgan fingerprint density at radius 1 is 0.952 bits per heavy atom. The lowest BCUT2D eigenvalue weighted by atomic mass is 10.0. The number of unbranched alkanes of at least 4 members (excludes halogenated alkanes) is 9. The van der Waals surface area contributed by atoms with Gasteiger partial charge in [-0.05, 0) is 12.8 Å². The summed E-state index contributed by atoms with van der Waals surface area (Å²) in [4.78, 5) is 4.70. The van der Waals surface area contributed by atoms with Crippen molar-refractivity contribution in [3.63, 3.8) is 0 Å². The standard InChI is InChI=1S/C18H36N2O/c1-2-3-4-5-6-7-8-9-10-11-13-17-16-19-18(20-17)14-12-15-21/h17,21H,2-16H2,1H3,(H,19,20). The smallest absolute Gasteiger partial charge is 0.0968 e. The van der Waals surface area contributed by atoms with Crippen molar-refractivity contribution in [1.82, 2.24) is 5.32 Å². The number of amidine groups is 1. The van der Waals surface area contributed by atoms with Crippen LogP contribution in [-0.2, 0) is 0 Å². The van der Waals surface area contributed by atoms with E-state index in [1.54, 1.807) is 0 Å². The van der Waals surface area contributed by atoms with Crippen LogP contribution in [0, 0.1) is 0 Å². The van der Waals surface area contributed by atoms with Crippen molar-refractivity contribution < 1.29 is 5.11 Å². The second-order valence-electron chi connectivity index (χ2n) is 6.41. The second kappa shape index (κ2) is 13.1. The molecular formula is C18H36N2O. The highest BCUT2D eigenvalue weighted by Gasteiger charge is 2.15. The topological polar surface area (TPSA) is 44.6 Å². The van der Waals surface area contributed by atoms with Gasteiger partial charge in [0, 0.05) is 19.6 Å². The second-order valence-corrected chi connectivity index (χ2v) is 6.41. The summed E-state index contributed by atoms with van der Waals surface area (Å²) >= 11 is 0. The van der Waals surface area contributed by atoms with Crippen LogP contribution >= 0.6 is 0 Å².